The van der Waals surface area contributed by atoms with Crippen LogP contribution in [0.3, 0.4) is 0 Å². The fourth-order valence-electron chi connectivity index (χ4n) is 1.67. The summed E-state index contributed by atoms with van der Waals surface area (Å²) in [6, 6.07) is 6.17. The third-order valence-corrected chi connectivity index (χ3v) is 4.51. The Labute approximate surface area is 120 Å². The highest BCUT2D eigenvalue weighted by Gasteiger charge is 2.13. The van der Waals surface area contributed by atoms with Gasteiger partial charge in [-0.05, 0) is 51.8 Å². The van der Waals surface area contributed by atoms with Crippen molar-refractivity contribution in [2.45, 2.75) is 0 Å². The van der Waals surface area contributed by atoms with Crippen LogP contribution in [0.1, 0.15) is 0 Å². The van der Waals surface area contributed by atoms with E-state index < -0.39 is 0 Å². The molecule has 2 nitrogen and oxygen atoms in total. The highest BCUT2D eigenvalue weighted by molar-refractivity contribution is 9.10. The smallest absolute Gasteiger partial charge is 0.216 e. The summed E-state index contributed by atoms with van der Waals surface area (Å²) >= 11 is 10.9. The van der Waals surface area contributed by atoms with E-state index in [0.717, 1.165) is 25.9 Å². The zero-order valence-electron chi connectivity index (χ0n) is 8.82. The van der Waals surface area contributed by atoms with Crippen molar-refractivity contribution in [3.8, 4) is 11.3 Å². The zero-order valence-corrected chi connectivity index (χ0v) is 12.0. The number of halogens is 3. The van der Waals surface area contributed by atoms with Crippen LogP contribution < -0.4 is 0 Å². The van der Waals surface area contributed by atoms with E-state index in [1.165, 1.54) is 23.5 Å². The number of aromatic nitrogens is 2. The van der Waals surface area contributed by atoms with Crippen LogP contribution in [-0.2, 0) is 0 Å². The molecule has 18 heavy (non-hydrogen) atoms. The van der Waals surface area contributed by atoms with E-state index in [2.05, 4.69) is 25.9 Å². The van der Waals surface area contributed by atoms with Crippen molar-refractivity contribution in [1.29, 1.82) is 0 Å². The first-order chi connectivity index (χ1) is 8.65. The first-order valence-electron chi connectivity index (χ1n) is 5.01. The molecule has 0 N–H and O–H groups in total. The first kappa shape index (κ1) is 12.0. The lowest BCUT2D eigenvalue weighted by molar-refractivity contribution is 0.628. The minimum atomic E-state index is -0.275. The second kappa shape index (κ2) is 4.57. The number of fused-ring (bicyclic) bond motifs is 1. The topological polar surface area (TPSA) is 25.8 Å². The molecule has 0 aliphatic carbocycles. The Morgan fingerprint density at radius 3 is 2.61 bits per heavy atom. The molecule has 0 bridgehead atoms. The Kier molecular flexibility index (Phi) is 3.05. The van der Waals surface area contributed by atoms with Crippen LogP contribution in [-0.4, -0.2) is 9.97 Å². The monoisotopic (exact) mass is 342 g/mol. The molecule has 0 spiro atoms. The van der Waals surface area contributed by atoms with Gasteiger partial charge in [0, 0.05) is 10.9 Å². The predicted octanol–water partition coefficient (Wildman–Crippen LogP) is 4.91. The first-order valence-corrected chi connectivity index (χ1v) is 7.06. The van der Waals surface area contributed by atoms with Gasteiger partial charge < -0.3 is 0 Å². The molecular weight excluding hydrogens is 339 g/mol. The Hall–Kier alpha value is -1.04. The van der Waals surface area contributed by atoms with Crippen molar-refractivity contribution >= 4 is 49.1 Å². The Morgan fingerprint density at radius 2 is 1.89 bits per heavy atom. The normalized spacial score (nSPS) is 11.1. The molecule has 0 radical (unpaired) electrons. The van der Waals surface area contributed by atoms with Gasteiger partial charge in [0.05, 0.1) is 14.9 Å². The van der Waals surface area contributed by atoms with Crippen LogP contribution in [0.5, 0.6) is 0 Å². The molecule has 0 saturated heterocycles. The Balaban J connectivity index is 2.31. The fraction of sp³-hybridized carbons (Fsp3) is 0. The van der Waals surface area contributed by atoms with Gasteiger partial charge in [-0.1, -0.05) is 0 Å². The molecule has 3 rings (SSSR count). The van der Waals surface area contributed by atoms with Gasteiger partial charge in [0.25, 0.3) is 0 Å². The van der Waals surface area contributed by atoms with Crippen molar-refractivity contribution in [3.63, 3.8) is 0 Å². The largest absolute Gasteiger partial charge is 0.223 e. The average Bonchev–Trinajstić information content (AvgIpc) is 2.71. The maximum Gasteiger partial charge on any atom is 0.223 e. The van der Waals surface area contributed by atoms with Crippen molar-refractivity contribution < 1.29 is 4.39 Å². The van der Waals surface area contributed by atoms with E-state index >= 15 is 0 Å². The number of hydrogen-bond donors (Lipinski definition) is 0. The molecule has 0 aliphatic heterocycles. The maximum atomic E-state index is 12.9. The Morgan fingerprint density at radius 1 is 1.17 bits per heavy atom. The maximum absolute atomic E-state index is 12.9. The molecular formula is C12H5BrClFN2S. The third-order valence-electron chi connectivity index (χ3n) is 2.46. The highest BCUT2D eigenvalue weighted by Crippen LogP contribution is 2.36. The van der Waals surface area contributed by atoms with E-state index in [1.54, 1.807) is 12.1 Å². The van der Waals surface area contributed by atoms with Gasteiger partial charge in [-0.15, -0.1) is 11.3 Å². The van der Waals surface area contributed by atoms with Gasteiger partial charge in [-0.2, -0.15) is 0 Å². The highest BCUT2D eigenvalue weighted by atomic mass is 79.9. The van der Waals surface area contributed by atoms with Crippen LogP contribution in [0.2, 0.25) is 5.28 Å². The Bertz CT molecular complexity index is 727. The lowest BCUT2D eigenvalue weighted by Crippen LogP contribution is -1.89. The molecule has 1 aromatic carbocycles. The van der Waals surface area contributed by atoms with Crippen LogP contribution >= 0.6 is 38.9 Å². The summed E-state index contributed by atoms with van der Waals surface area (Å²) in [4.78, 5) is 8.42. The van der Waals surface area contributed by atoms with Crippen LogP contribution in [0, 0.1) is 5.82 Å². The van der Waals surface area contributed by atoms with E-state index in [-0.39, 0.29) is 11.1 Å². The summed E-state index contributed by atoms with van der Waals surface area (Å²) in [5.41, 5.74) is 2.32. The summed E-state index contributed by atoms with van der Waals surface area (Å²) < 4.78 is 14.7. The van der Waals surface area contributed by atoms with Gasteiger partial charge in [0.2, 0.25) is 5.28 Å². The standard InChI is InChI=1S/C12H5BrClFN2S/c13-8-5-18-11-9(16-12(14)17-10(8)11)6-1-3-7(15)4-2-6/h1-5H. The number of rotatable bonds is 1. The summed E-state index contributed by atoms with van der Waals surface area (Å²) in [6.07, 6.45) is 0. The number of nitrogens with zero attached hydrogens (tertiary/aromatic N) is 2. The number of thiophene rings is 1. The van der Waals surface area contributed by atoms with E-state index in [9.17, 15) is 4.39 Å². The van der Waals surface area contributed by atoms with Gasteiger partial charge in [0.15, 0.2) is 0 Å². The number of hydrogen-bond acceptors (Lipinski definition) is 3. The molecule has 0 aliphatic rings. The molecule has 0 saturated carbocycles. The summed E-state index contributed by atoms with van der Waals surface area (Å²) in [7, 11) is 0. The summed E-state index contributed by atoms with van der Waals surface area (Å²) in [5, 5.41) is 2.11. The lowest BCUT2D eigenvalue weighted by atomic mass is 10.1. The van der Waals surface area contributed by atoms with Crippen molar-refractivity contribution in [1.82, 2.24) is 9.97 Å². The van der Waals surface area contributed by atoms with E-state index in [4.69, 9.17) is 11.6 Å². The van der Waals surface area contributed by atoms with Crippen LogP contribution in [0.25, 0.3) is 21.5 Å². The van der Waals surface area contributed by atoms with Crippen LogP contribution in [0.4, 0.5) is 4.39 Å². The fourth-order valence-corrected chi connectivity index (χ4v) is 3.41. The molecule has 6 heteroatoms. The summed E-state index contributed by atoms with van der Waals surface area (Å²) in [6.45, 7) is 0. The minimum absolute atomic E-state index is 0.181. The second-order valence-corrected chi connectivity index (χ2v) is 5.68. The van der Waals surface area contributed by atoms with Gasteiger partial charge in [-0.25, -0.2) is 14.4 Å². The van der Waals surface area contributed by atoms with Crippen molar-refractivity contribution in [2.24, 2.45) is 0 Å². The molecule has 0 unspecified atom stereocenters. The van der Waals surface area contributed by atoms with Crippen LogP contribution in [0.15, 0.2) is 34.1 Å². The lowest BCUT2D eigenvalue weighted by Gasteiger charge is -2.03. The quantitative estimate of drug-likeness (QED) is 0.587. The third kappa shape index (κ3) is 2.02. The van der Waals surface area contributed by atoms with E-state index in [1.807, 2.05) is 5.38 Å². The van der Waals surface area contributed by atoms with Gasteiger partial charge in [-0.3, -0.25) is 0 Å². The molecule has 90 valence electrons. The van der Waals surface area contributed by atoms with Gasteiger partial charge in [0.1, 0.15) is 11.3 Å². The molecule has 2 heterocycles. The average molecular weight is 344 g/mol. The van der Waals surface area contributed by atoms with E-state index in [0.29, 0.717) is 0 Å². The SMILES string of the molecule is Fc1ccc(-c2nc(Cl)nc3c(Br)csc23)cc1. The second-order valence-electron chi connectivity index (χ2n) is 3.61. The molecule has 3 aromatic rings. The zero-order chi connectivity index (χ0) is 12.7. The van der Waals surface area contributed by atoms with Crippen molar-refractivity contribution in [3.05, 3.63) is 45.2 Å². The van der Waals surface area contributed by atoms with Crippen molar-refractivity contribution in [2.75, 3.05) is 0 Å². The minimum Gasteiger partial charge on any atom is -0.216 e. The molecule has 0 fully saturated rings. The van der Waals surface area contributed by atoms with Gasteiger partial charge >= 0.3 is 0 Å². The molecule has 0 atom stereocenters. The number of benzene rings is 1. The summed E-state index contributed by atoms with van der Waals surface area (Å²) in [5.74, 6) is -0.275. The molecule has 0 amide bonds. The predicted molar refractivity (Wildman–Crippen MR) is 75.5 cm³/mol. The molecule has 2 aromatic heterocycles.